The van der Waals surface area contributed by atoms with Crippen LogP contribution in [0, 0.1) is 20.8 Å². The molecule has 2 aromatic rings. The molecule has 0 aliphatic rings. The summed E-state index contributed by atoms with van der Waals surface area (Å²) in [7, 11) is -0.807. The smallest absolute Gasteiger partial charge is 0.279 e. The zero-order chi connectivity index (χ0) is 13.1. The van der Waals surface area contributed by atoms with Crippen LogP contribution in [0.4, 0.5) is 0 Å². The summed E-state index contributed by atoms with van der Waals surface area (Å²) >= 11 is 0. The van der Waals surface area contributed by atoms with Crippen LogP contribution in [0.25, 0.3) is 0 Å². The third-order valence-electron chi connectivity index (χ3n) is 3.22. The van der Waals surface area contributed by atoms with Gasteiger partial charge in [-0.25, -0.2) is 0 Å². The van der Waals surface area contributed by atoms with Crippen molar-refractivity contribution in [3.8, 4) is 0 Å². The number of amides is 1. The maximum Gasteiger partial charge on any atom is 0.279 e. The Kier molecular flexibility index (Phi) is 3.67. The first kappa shape index (κ1) is 12.6. The third-order valence-corrected chi connectivity index (χ3v) is 4.87. The number of carbonyl (C=O) groups excluding carboxylic acids is 1. The number of hydrogen-bond donors (Lipinski definition) is 1. The fraction of sp³-hybridized carbons (Fsp3) is 0.214. The molecule has 0 radical (unpaired) electrons. The van der Waals surface area contributed by atoms with Crippen molar-refractivity contribution in [1.82, 2.24) is 4.98 Å². The van der Waals surface area contributed by atoms with Crippen molar-refractivity contribution in [2.45, 2.75) is 20.8 Å². The summed E-state index contributed by atoms with van der Waals surface area (Å²) in [6.45, 7) is 6.06. The highest BCUT2D eigenvalue weighted by Gasteiger charge is 2.12. The second-order valence-corrected chi connectivity index (χ2v) is 5.94. The molecule has 94 valence electrons. The van der Waals surface area contributed by atoms with E-state index in [1.807, 2.05) is 13.0 Å². The zero-order valence-electron chi connectivity index (χ0n) is 10.9. The number of carbonyl (C=O) groups is 1. The van der Waals surface area contributed by atoms with Crippen molar-refractivity contribution < 1.29 is 9.21 Å². The molecule has 3 nitrogen and oxygen atoms in total. The van der Waals surface area contributed by atoms with Crippen LogP contribution < -0.4 is 10.2 Å². The molecule has 18 heavy (non-hydrogen) atoms. The monoisotopic (exact) mass is 259 g/mol. The average molecular weight is 259 g/mol. The summed E-state index contributed by atoms with van der Waals surface area (Å²) in [6, 6.07) is 8.01. The first-order valence-electron chi connectivity index (χ1n) is 5.97. The van der Waals surface area contributed by atoms with E-state index in [4.69, 9.17) is 4.42 Å². The lowest BCUT2D eigenvalue weighted by molar-refractivity contribution is 0.0953. The van der Waals surface area contributed by atoms with Crippen molar-refractivity contribution in [2.75, 3.05) is 0 Å². The number of rotatable bonds is 3. The number of furan rings is 1. The number of benzene rings is 1. The van der Waals surface area contributed by atoms with Gasteiger partial charge in [0, 0.05) is 5.56 Å². The lowest BCUT2D eigenvalue weighted by Crippen LogP contribution is -2.37. The van der Waals surface area contributed by atoms with Crippen LogP contribution in [-0.4, -0.2) is 15.6 Å². The van der Waals surface area contributed by atoms with Gasteiger partial charge < -0.3 is 9.40 Å². The van der Waals surface area contributed by atoms with E-state index < -0.39 is 9.68 Å². The molecule has 1 heterocycles. The molecule has 1 aromatic heterocycles. The molecule has 0 aliphatic heterocycles. The zero-order valence-corrected chi connectivity index (χ0v) is 12.3. The van der Waals surface area contributed by atoms with Gasteiger partial charge in [-0.2, -0.15) is 0 Å². The van der Waals surface area contributed by atoms with Gasteiger partial charge in [-0.3, -0.25) is 4.79 Å². The van der Waals surface area contributed by atoms with E-state index in [1.54, 1.807) is 12.3 Å². The summed E-state index contributed by atoms with van der Waals surface area (Å²) in [6.07, 6.45) is 1.55. The minimum atomic E-state index is -0.807. The predicted octanol–water partition coefficient (Wildman–Crippen LogP) is 1.34. The summed E-state index contributed by atoms with van der Waals surface area (Å²) < 4.78 is 5.18. The molecule has 1 amide bonds. The van der Waals surface area contributed by atoms with Crippen molar-refractivity contribution in [3.63, 3.8) is 0 Å². The van der Waals surface area contributed by atoms with Crippen molar-refractivity contribution in [2.24, 2.45) is 0 Å². The van der Waals surface area contributed by atoms with Crippen LogP contribution in [0.3, 0.4) is 0 Å². The lowest BCUT2D eigenvalue weighted by Gasteiger charge is -2.08. The van der Waals surface area contributed by atoms with E-state index in [-0.39, 0.29) is 5.91 Å². The Morgan fingerprint density at radius 3 is 2.61 bits per heavy atom. The molecule has 0 saturated carbocycles. The summed E-state index contributed by atoms with van der Waals surface area (Å²) in [4.78, 5) is 14.9. The molecule has 0 spiro atoms. The quantitative estimate of drug-likeness (QED) is 0.845. The van der Waals surface area contributed by atoms with Gasteiger partial charge in [0.1, 0.15) is 0 Å². The number of hydrogen-bond acceptors (Lipinski definition) is 2. The second-order valence-electron chi connectivity index (χ2n) is 4.47. The summed E-state index contributed by atoms with van der Waals surface area (Å²) in [5, 5.41) is 1.27. The summed E-state index contributed by atoms with van der Waals surface area (Å²) in [5.74, 6) is 0.317. The minimum Gasteiger partial charge on any atom is -0.459 e. The van der Waals surface area contributed by atoms with Crippen molar-refractivity contribution in [3.05, 3.63) is 53.0 Å². The minimum absolute atomic E-state index is 0.106. The Balaban J connectivity index is 2.06. The lowest BCUT2D eigenvalue weighted by atomic mass is 10.1. The van der Waals surface area contributed by atoms with Crippen LogP contribution in [0.15, 0.2) is 34.9 Å². The molecule has 0 saturated heterocycles. The van der Waals surface area contributed by atoms with E-state index in [0.29, 0.717) is 5.76 Å². The fourth-order valence-corrected chi connectivity index (χ4v) is 3.17. The molecule has 0 unspecified atom stereocenters. The molecular formula is C14H17NO2Si. The molecule has 1 N–H and O–H groups in total. The average Bonchev–Trinajstić information content (AvgIpc) is 2.77. The number of aryl methyl sites for hydroxylation is 2. The highest BCUT2D eigenvalue weighted by Crippen LogP contribution is 2.08. The largest absolute Gasteiger partial charge is 0.459 e. The van der Waals surface area contributed by atoms with E-state index in [0.717, 1.165) is 5.56 Å². The normalized spacial score (nSPS) is 11.1. The first-order valence-corrected chi connectivity index (χ1v) is 7.38. The fourth-order valence-electron chi connectivity index (χ4n) is 1.86. The highest BCUT2D eigenvalue weighted by atomic mass is 28.2. The Morgan fingerprint density at radius 2 is 1.94 bits per heavy atom. The molecule has 0 aliphatic carbocycles. The van der Waals surface area contributed by atoms with Gasteiger partial charge in [-0.1, -0.05) is 18.2 Å². The van der Waals surface area contributed by atoms with Crippen LogP contribution in [0.1, 0.15) is 27.2 Å². The first-order chi connectivity index (χ1) is 8.59. The van der Waals surface area contributed by atoms with Gasteiger partial charge in [0.15, 0.2) is 15.4 Å². The Hall–Kier alpha value is -1.81. The topological polar surface area (TPSA) is 42.2 Å². The number of nitrogens with one attached hydrogen (secondary N) is 1. The Labute approximate surface area is 109 Å². The Morgan fingerprint density at radius 1 is 1.17 bits per heavy atom. The van der Waals surface area contributed by atoms with E-state index in [2.05, 4.69) is 31.0 Å². The van der Waals surface area contributed by atoms with Crippen molar-refractivity contribution >= 4 is 20.8 Å². The molecule has 4 heteroatoms. The Bertz CT molecular complexity index is 575. The van der Waals surface area contributed by atoms with Gasteiger partial charge in [-0.05, 0) is 43.2 Å². The maximum atomic E-state index is 11.9. The molecule has 0 bridgehead atoms. The standard InChI is InChI=1S/C14H17NO2Si/c1-9-5-4-6-12(11(9)3)18-15-14(16)13-10(2)7-8-17-13/h4-8H,18H2,1-3H3,(H,15,16). The molecule has 1 aromatic carbocycles. The van der Waals surface area contributed by atoms with Gasteiger partial charge in [-0.15, -0.1) is 0 Å². The van der Waals surface area contributed by atoms with Gasteiger partial charge in [0.05, 0.1) is 6.26 Å². The van der Waals surface area contributed by atoms with Gasteiger partial charge >= 0.3 is 0 Å². The third kappa shape index (κ3) is 2.54. The molecule has 0 fully saturated rings. The molecule has 2 rings (SSSR count). The van der Waals surface area contributed by atoms with Gasteiger partial charge in [0.2, 0.25) is 0 Å². The van der Waals surface area contributed by atoms with E-state index >= 15 is 0 Å². The SMILES string of the molecule is Cc1ccoc1C(=O)N[SiH2]c1cccc(C)c1C. The molecule has 0 atom stereocenters. The van der Waals surface area contributed by atoms with E-state index in [9.17, 15) is 4.79 Å². The maximum absolute atomic E-state index is 11.9. The molecular weight excluding hydrogens is 242 g/mol. The predicted molar refractivity (Wildman–Crippen MR) is 75.0 cm³/mol. The van der Waals surface area contributed by atoms with Gasteiger partial charge in [0.25, 0.3) is 5.91 Å². The van der Waals surface area contributed by atoms with Crippen molar-refractivity contribution in [1.29, 1.82) is 0 Å². The van der Waals surface area contributed by atoms with Crippen LogP contribution >= 0.6 is 0 Å². The van der Waals surface area contributed by atoms with Crippen LogP contribution in [0.2, 0.25) is 0 Å². The van der Waals surface area contributed by atoms with Crippen LogP contribution in [-0.2, 0) is 0 Å². The second kappa shape index (κ2) is 5.22. The highest BCUT2D eigenvalue weighted by molar-refractivity contribution is 6.54. The van der Waals surface area contributed by atoms with E-state index in [1.165, 1.54) is 16.3 Å². The van der Waals surface area contributed by atoms with Crippen LogP contribution in [0.5, 0.6) is 0 Å². The summed E-state index contributed by atoms with van der Waals surface area (Å²) in [5.41, 5.74) is 3.42.